The molecule has 5 rings (SSSR count). The van der Waals surface area contributed by atoms with Crippen LogP contribution in [0.25, 0.3) is 10.9 Å². The number of carbonyl (C=O) groups excluding carboxylic acids is 1. The molecule has 2 unspecified atom stereocenters. The van der Waals surface area contributed by atoms with Crippen LogP contribution in [0.15, 0.2) is 42.5 Å². The Hall–Kier alpha value is -2.74. The number of aromatic amines is 1. The SMILES string of the molecule is CCCOC(=O)N1CCc2c([nH]c3ccc(Cl)cc23)C1c1ccc(OCCC2COC(C)(C)O2)cc1. The maximum atomic E-state index is 13.0. The van der Waals surface area contributed by atoms with Crippen molar-refractivity contribution in [2.45, 2.75) is 58.0 Å². The van der Waals surface area contributed by atoms with Crippen LogP contribution >= 0.6 is 11.6 Å². The van der Waals surface area contributed by atoms with Crippen LogP contribution in [-0.4, -0.2) is 54.2 Å². The molecule has 0 spiro atoms. The van der Waals surface area contributed by atoms with E-state index >= 15 is 0 Å². The third-order valence-electron chi connectivity index (χ3n) is 6.72. The van der Waals surface area contributed by atoms with Crippen molar-refractivity contribution in [2.75, 3.05) is 26.4 Å². The van der Waals surface area contributed by atoms with Gasteiger partial charge in [-0.3, -0.25) is 4.90 Å². The van der Waals surface area contributed by atoms with Crippen molar-refractivity contribution in [3.63, 3.8) is 0 Å². The van der Waals surface area contributed by atoms with Gasteiger partial charge in [-0.25, -0.2) is 4.79 Å². The molecule has 1 saturated heterocycles. The molecule has 0 radical (unpaired) electrons. The molecule has 0 aliphatic carbocycles. The zero-order valence-electron chi connectivity index (χ0n) is 21.0. The highest BCUT2D eigenvalue weighted by molar-refractivity contribution is 6.31. The molecular weight excluding hydrogens is 480 g/mol. The standard InChI is InChI=1S/C28H33ClN2O5/c1-4-14-34-27(32)31-13-11-22-23-16-19(29)7-10-24(23)30-25(22)26(31)18-5-8-20(9-6-18)33-15-12-21-17-35-28(2,3)36-21/h5-10,16,21,26,30H,4,11-15,17H2,1-3H3. The molecule has 0 saturated carbocycles. The average Bonchev–Trinajstić information content (AvgIpc) is 3.41. The summed E-state index contributed by atoms with van der Waals surface area (Å²) in [6, 6.07) is 13.5. The number of halogens is 1. The zero-order valence-corrected chi connectivity index (χ0v) is 21.8. The molecule has 2 aliphatic heterocycles. The van der Waals surface area contributed by atoms with Gasteiger partial charge in [0.25, 0.3) is 0 Å². The van der Waals surface area contributed by atoms with Crippen LogP contribution in [0.5, 0.6) is 5.75 Å². The lowest BCUT2D eigenvalue weighted by Gasteiger charge is -2.35. The molecule has 1 N–H and O–H groups in total. The molecule has 2 aromatic carbocycles. The summed E-state index contributed by atoms with van der Waals surface area (Å²) in [6.07, 6.45) is 2.01. The van der Waals surface area contributed by atoms with E-state index in [0.29, 0.717) is 31.4 Å². The summed E-state index contributed by atoms with van der Waals surface area (Å²) in [5, 5.41) is 1.80. The summed E-state index contributed by atoms with van der Waals surface area (Å²) in [4.78, 5) is 18.4. The smallest absolute Gasteiger partial charge is 0.410 e. The van der Waals surface area contributed by atoms with Crippen molar-refractivity contribution in [1.29, 1.82) is 0 Å². The van der Waals surface area contributed by atoms with Crippen LogP contribution in [0, 0.1) is 0 Å². The first-order valence-electron chi connectivity index (χ1n) is 12.6. The van der Waals surface area contributed by atoms with Crippen LogP contribution in [-0.2, 0) is 20.6 Å². The maximum absolute atomic E-state index is 13.0. The van der Waals surface area contributed by atoms with Gasteiger partial charge in [0.2, 0.25) is 0 Å². The van der Waals surface area contributed by atoms with Gasteiger partial charge < -0.3 is 23.9 Å². The monoisotopic (exact) mass is 512 g/mol. The van der Waals surface area contributed by atoms with Crippen molar-refractivity contribution < 1.29 is 23.7 Å². The summed E-state index contributed by atoms with van der Waals surface area (Å²) in [6.45, 7) is 7.92. The number of aromatic nitrogens is 1. The number of hydrogen-bond acceptors (Lipinski definition) is 5. The van der Waals surface area contributed by atoms with Crippen LogP contribution in [0.4, 0.5) is 4.79 Å². The molecule has 3 aromatic rings. The maximum Gasteiger partial charge on any atom is 0.410 e. The molecule has 1 amide bonds. The highest BCUT2D eigenvalue weighted by Gasteiger charge is 2.36. The lowest BCUT2D eigenvalue weighted by atomic mass is 9.92. The van der Waals surface area contributed by atoms with Crippen LogP contribution in [0.1, 0.15) is 56.5 Å². The van der Waals surface area contributed by atoms with Gasteiger partial charge in [0.05, 0.1) is 25.9 Å². The van der Waals surface area contributed by atoms with E-state index in [1.807, 2.05) is 68.1 Å². The first-order valence-corrected chi connectivity index (χ1v) is 13.0. The fourth-order valence-corrected chi connectivity index (χ4v) is 5.21. The number of benzene rings is 2. The number of rotatable bonds is 7. The first kappa shape index (κ1) is 24.9. The molecule has 1 aromatic heterocycles. The average molecular weight is 513 g/mol. The van der Waals surface area contributed by atoms with Gasteiger partial charge in [0.15, 0.2) is 5.79 Å². The molecule has 7 nitrogen and oxygen atoms in total. The summed E-state index contributed by atoms with van der Waals surface area (Å²) >= 11 is 6.30. The number of nitrogens with one attached hydrogen (secondary N) is 1. The molecule has 2 aliphatic rings. The Balaban J connectivity index is 1.36. The molecular formula is C28H33ClN2O5. The third kappa shape index (κ3) is 5.19. The topological polar surface area (TPSA) is 73.0 Å². The lowest BCUT2D eigenvalue weighted by Crippen LogP contribution is -2.41. The summed E-state index contributed by atoms with van der Waals surface area (Å²) in [7, 11) is 0. The van der Waals surface area contributed by atoms with Crippen molar-refractivity contribution >= 4 is 28.6 Å². The predicted octanol–water partition coefficient (Wildman–Crippen LogP) is 6.24. The molecule has 192 valence electrons. The molecule has 0 bridgehead atoms. The number of amides is 1. The summed E-state index contributed by atoms with van der Waals surface area (Å²) < 4.78 is 23.0. The number of carbonyl (C=O) groups is 1. The second kappa shape index (κ2) is 10.3. The van der Waals surface area contributed by atoms with E-state index in [1.54, 1.807) is 0 Å². The highest BCUT2D eigenvalue weighted by atomic mass is 35.5. The second-order valence-electron chi connectivity index (χ2n) is 9.82. The van der Waals surface area contributed by atoms with E-state index in [1.165, 1.54) is 5.56 Å². The van der Waals surface area contributed by atoms with E-state index < -0.39 is 5.79 Å². The van der Waals surface area contributed by atoms with Gasteiger partial charge in [0.1, 0.15) is 11.8 Å². The highest BCUT2D eigenvalue weighted by Crippen LogP contribution is 2.39. The third-order valence-corrected chi connectivity index (χ3v) is 6.96. The minimum Gasteiger partial charge on any atom is -0.493 e. The molecule has 36 heavy (non-hydrogen) atoms. The van der Waals surface area contributed by atoms with Crippen LogP contribution in [0.2, 0.25) is 5.02 Å². The molecule has 2 atom stereocenters. The van der Waals surface area contributed by atoms with E-state index in [9.17, 15) is 4.79 Å². The largest absolute Gasteiger partial charge is 0.493 e. The van der Waals surface area contributed by atoms with E-state index in [4.69, 9.17) is 30.5 Å². The number of nitrogens with zero attached hydrogens (tertiary/aromatic N) is 1. The van der Waals surface area contributed by atoms with Crippen molar-refractivity contribution in [3.05, 3.63) is 64.3 Å². The van der Waals surface area contributed by atoms with Gasteiger partial charge in [-0.2, -0.15) is 0 Å². The second-order valence-corrected chi connectivity index (χ2v) is 10.3. The minimum absolute atomic E-state index is 0.0399. The number of hydrogen-bond donors (Lipinski definition) is 1. The molecule has 3 heterocycles. The van der Waals surface area contributed by atoms with Crippen LogP contribution < -0.4 is 4.74 Å². The molecule has 8 heteroatoms. The molecule has 1 fully saturated rings. The quantitative estimate of drug-likeness (QED) is 0.406. The fraction of sp³-hybridized carbons (Fsp3) is 0.464. The van der Waals surface area contributed by atoms with Gasteiger partial charge in [0, 0.05) is 34.6 Å². The van der Waals surface area contributed by atoms with Crippen molar-refractivity contribution in [3.8, 4) is 5.75 Å². The Morgan fingerprint density at radius 3 is 2.72 bits per heavy atom. The lowest BCUT2D eigenvalue weighted by molar-refractivity contribution is -0.139. The van der Waals surface area contributed by atoms with Crippen LogP contribution in [0.3, 0.4) is 0 Å². The van der Waals surface area contributed by atoms with Gasteiger partial charge in [-0.15, -0.1) is 0 Å². The summed E-state index contributed by atoms with van der Waals surface area (Å²) in [5.41, 5.74) is 4.20. The van der Waals surface area contributed by atoms with Gasteiger partial charge in [-0.1, -0.05) is 30.7 Å². The Bertz CT molecular complexity index is 1220. The fourth-order valence-electron chi connectivity index (χ4n) is 5.04. The number of H-pyrrole nitrogens is 1. The van der Waals surface area contributed by atoms with Crippen molar-refractivity contribution in [2.24, 2.45) is 0 Å². The number of fused-ring (bicyclic) bond motifs is 3. The van der Waals surface area contributed by atoms with E-state index in [0.717, 1.165) is 47.2 Å². The summed E-state index contributed by atoms with van der Waals surface area (Å²) in [5.74, 6) is 0.250. The Morgan fingerprint density at radius 1 is 1.19 bits per heavy atom. The Morgan fingerprint density at radius 2 is 2.00 bits per heavy atom. The van der Waals surface area contributed by atoms with Gasteiger partial charge in [-0.05, 0) is 68.1 Å². The normalized spacial score (nSPS) is 20.9. The first-order chi connectivity index (χ1) is 17.3. The predicted molar refractivity (Wildman–Crippen MR) is 139 cm³/mol. The Kier molecular flexibility index (Phi) is 7.15. The number of ether oxygens (including phenoxy) is 4. The minimum atomic E-state index is -0.525. The van der Waals surface area contributed by atoms with E-state index in [2.05, 4.69) is 4.98 Å². The van der Waals surface area contributed by atoms with Gasteiger partial charge >= 0.3 is 6.09 Å². The van der Waals surface area contributed by atoms with E-state index in [-0.39, 0.29) is 18.2 Å². The Labute approximate surface area is 216 Å². The zero-order chi connectivity index (χ0) is 25.3. The van der Waals surface area contributed by atoms with Crippen molar-refractivity contribution in [1.82, 2.24) is 9.88 Å².